The highest BCUT2D eigenvalue weighted by Crippen LogP contribution is 2.15. The maximum Gasteiger partial charge on any atom is 0.237 e. The summed E-state index contributed by atoms with van der Waals surface area (Å²) in [5.74, 6) is -0.186. The molecule has 0 aliphatic carbocycles. The van der Waals surface area contributed by atoms with Gasteiger partial charge in [-0.3, -0.25) is 4.72 Å². The number of benzene rings is 1. The van der Waals surface area contributed by atoms with Gasteiger partial charge in [0.25, 0.3) is 0 Å². The van der Waals surface area contributed by atoms with Gasteiger partial charge < -0.3 is 5.73 Å². The standard InChI is InChI=1S/C11H12N4O2S/c12-11-4-2-1-3-9(11)7-18(16,17)15-10-5-13-8-14-6-10/h1-6,8,15H,7,12H2. The Kier molecular flexibility index (Phi) is 3.42. The Morgan fingerprint density at radius 3 is 2.50 bits per heavy atom. The minimum absolute atomic E-state index is 0.186. The molecule has 0 fully saturated rings. The van der Waals surface area contributed by atoms with E-state index >= 15 is 0 Å². The number of hydrogen-bond donors (Lipinski definition) is 2. The lowest BCUT2D eigenvalue weighted by Gasteiger charge is -2.08. The third-order valence-electron chi connectivity index (χ3n) is 2.23. The fourth-order valence-corrected chi connectivity index (χ4v) is 2.65. The molecule has 1 aromatic heterocycles. The van der Waals surface area contributed by atoms with Gasteiger partial charge in [-0.1, -0.05) is 18.2 Å². The molecule has 6 nitrogen and oxygen atoms in total. The van der Waals surface area contributed by atoms with Gasteiger partial charge in [0, 0.05) is 5.69 Å². The fraction of sp³-hybridized carbons (Fsp3) is 0.0909. The van der Waals surface area contributed by atoms with E-state index in [0.29, 0.717) is 16.9 Å². The van der Waals surface area contributed by atoms with Gasteiger partial charge in [0.05, 0.1) is 23.8 Å². The van der Waals surface area contributed by atoms with Crippen molar-refractivity contribution in [2.45, 2.75) is 5.75 Å². The van der Waals surface area contributed by atoms with E-state index in [1.54, 1.807) is 24.3 Å². The van der Waals surface area contributed by atoms with Crippen molar-refractivity contribution in [2.75, 3.05) is 10.5 Å². The van der Waals surface area contributed by atoms with Crippen molar-refractivity contribution in [3.8, 4) is 0 Å². The first-order valence-corrected chi connectivity index (χ1v) is 6.81. The molecule has 1 aromatic carbocycles. The first kappa shape index (κ1) is 12.3. The maximum absolute atomic E-state index is 11.9. The summed E-state index contributed by atoms with van der Waals surface area (Å²) in [4.78, 5) is 7.46. The SMILES string of the molecule is Nc1ccccc1CS(=O)(=O)Nc1cncnc1. The Bertz CT molecular complexity index is 629. The van der Waals surface area contributed by atoms with Gasteiger partial charge in [-0.05, 0) is 11.6 Å². The van der Waals surface area contributed by atoms with Crippen LogP contribution in [0.25, 0.3) is 0 Å². The first-order valence-electron chi connectivity index (χ1n) is 5.16. The van der Waals surface area contributed by atoms with E-state index in [0.717, 1.165) is 0 Å². The van der Waals surface area contributed by atoms with Crippen LogP contribution in [0.1, 0.15) is 5.56 Å². The topological polar surface area (TPSA) is 98.0 Å². The van der Waals surface area contributed by atoms with Crippen LogP contribution in [0.4, 0.5) is 11.4 Å². The summed E-state index contributed by atoms with van der Waals surface area (Å²) in [6.45, 7) is 0. The van der Waals surface area contributed by atoms with Crippen LogP contribution in [0.15, 0.2) is 43.0 Å². The molecule has 0 atom stereocenters. The Morgan fingerprint density at radius 1 is 1.17 bits per heavy atom. The number of nitrogens with two attached hydrogens (primary N) is 1. The molecule has 2 aromatic rings. The molecule has 7 heteroatoms. The molecule has 0 unspecified atom stereocenters. The van der Waals surface area contributed by atoms with Crippen LogP contribution in [0.3, 0.4) is 0 Å². The lowest BCUT2D eigenvalue weighted by molar-refractivity contribution is 0.600. The van der Waals surface area contributed by atoms with Crippen molar-refractivity contribution in [2.24, 2.45) is 0 Å². The summed E-state index contributed by atoms with van der Waals surface area (Å²) >= 11 is 0. The number of anilines is 2. The normalized spacial score (nSPS) is 11.1. The van der Waals surface area contributed by atoms with E-state index in [1.807, 2.05) is 0 Å². The van der Waals surface area contributed by atoms with E-state index in [9.17, 15) is 8.42 Å². The van der Waals surface area contributed by atoms with E-state index in [2.05, 4.69) is 14.7 Å². The highest BCUT2D eigenvalue weighted by molar-refractivity contribution is 7.91. The van der Waals surface area contributed by atoms with E-state index < -0.39 is 10.0 Å². The average molecular weight is 264 g/mol. The third-order valence-corrected chi connectivity index (χ3v) is 3.47. The van der Waals surface area contributed by atoms with Crippen LogP contribution in [-0.4, -0.2) is 18.4 Å². The summed E-state index contributed by atoms with van der Waals surface area (Å²) in [5, 5.41) is 0. The predicted molar refractivity (Wildman–Crippen MR) is 69.1 cm³/mol. The number of nitrogens with zero attached hydrogens (tertiary/aromatic N) is 2. The van der Waals surface area contributed by atoms with Gasteiger partial charge in [-0.25, -0.2) is 18.4 Å². The zero-order chi connectivity index (χ0) is 13.0. The lowest BCUT2D eigenvalue weighted by atomic mass is 10.2. The number of nitrogen functional groups attached to an aromatic ring is 1. The molecule has 0 saturated heterocycles. The Morgan fingerprint density at radius 2 is 1.83 bits per heavy atom. The van der Waals surface area contributed by atoms with E-state index in [1.165, 1.54) is 18.7 Å². The number of hydrogen-bond acceptors (Lipinski definition) is 5. The van der Waals surface area contributed by atoms with Crippen LogP contribution in [0, 0.1) is 0 Å². The molecule has 0 bridgehead atoms. The smallest absolute Gasteiger partial charge is 0.237 e. The molecule has 0 radical (unpaired) electrons. The van der Waals surface area contributed by atoms with Crippen LogP contribution >= 0.6 is 0 Å². The summed E-state index contributed by atoms with van der Waals surface area (Å²) < 4.78 is 26.2. The predicted octanol–water partition coefficient (Wildman–Crippen LogP) is 1.00. The molecule has 94 valence electrons. The minimum Gasteiger partial charge on any atom is -0.398 e. The second-order valence-corrected chi connectivity index (χ2v) is 5.41. The second-order valence-electron chi connectivity index (χ2n) is 3.69. The Hall–Kier alpha value is -2.15. The molecular formula is C11H12N4O2S. The quantitative estimate of drug-likeness (QED) is 0.803. The highest BCUT2D eigenvalue weighted by atomic mass is 32.2. The van der Waals surface area contributed by atoms with Crippen LogP contribution in [0.5, 0.6) is 0 Å². The molecule has 1 heterocycles. The molecule has 0 spiro atoms. The Labute approximate surface area is 105 Å². The number of aromatic nitrogens is 2. The maximum atomic E-state index is 11.9. The summed E-state index contributed by atoms with van der Waals surface area (Å²) in [7, 11) is -3.52. The molecule has 0 aliphatic heterocycles. The number of sulfonamides is 1. The largest absolute Gasteiger partial charge is 0.398 e. The minimum atomic E-state index is -3.52. The zero-order valence-electron chi connectivity index (χ0n) is 9.45. The van der Waals surface area contributed by atoms with Crippen LogP contribution in [-0.2, 0) is 15.8 Å². The number of para-hydroxylation sites is 1. The van der Waals surface area contributed by atoms with Crippen molar-refractivity contribution in [1.82, 2.24) is 9.97 Å². The fourth-order valence-electron chi connectivity index (χ4n) is 1.44. The van der Waals surface area contributed by atoms with Crippen LogP contribution in [0.2, 0.25) is 0 Å². The molecule has 0 amide bonds. The molecule has 18 heavy (non-hydrogen) atoms. The summed E-state index contributed by atoms with van der Waals surface area (Å²) in [6, 6.07) is 6.84. The summed E-state index contributed by atoms with van der Waals surface area (Å²) in [6.07, 6.45) is 4.10. The average Bonchev–Trinajstić information content (AvgIpc) is 2.32. The molecular weight excluding hydrogens is 252 g/mol. The van der Waals surface area contributed by atoms with E-state index in [-0.39, 0.29) is 5.75 Å². The van der Waals surface area contributed by atoms with Gasteiger partial charge in [0.15, 0.2) is 0 Å². The number of nitrogens with one attached hydrogen (secondary N) is 1. The molecule has 2 rings (SSSR count). The lowest BCUT2D eigenvalue weighted by Crippen LogP contribution is -2.16. The van der Waals surface area contributed by atoms with Gasteiger partial charge in [-0.15, -0.1) is 0 Å². The monoisotopic (exact) mass is 264 g/mol. The highest BCUT2D eigenvalue weighted by Gasteiger charge is 2.13. The summed E-state index contributed by atoms with van der Waals surface area (Å²) in [5.41, 5.74) is 7.04. The number of rotatable bonds is 4. The Balaban J connectivity index is 2.16. The molecule has 3 N–H and O–H groups in total. The first-order chi connectivity index (χ1) is 8.57. The van der Waals surface area contributed by atoms with Crippen molar-refractivity contribution in [3.63, 3.8) is 0 Å². The third kappa shape index (κ3) is 3.17. The van der Waals surface area contributed by atoms with Gasteiger partial charge in [0.2, 0.25) is 10.0 Å². The van der Waals surface area contributed by atoms with Gasteiger partial charge in [-0.2, -0.15) is 0 Å². The molecule has 0 aliphatic rings. The molecule has 0 saturated carbocycles. The van der Waals surface area contributed by atoms with Crippen LogP contribution < -0.4 is 10.5 Å². The van der Waals surface area contributed by atoms with Crippen molar-refractivity contribution < 1.29 is 8.42 Å². The van der Waals surface area contributed by atoms with E-state index in [4.69, 9.17) is 5.73 Å². The van der Waals surface area contributed by atoms with Crippen molar-refractivity contribution >= 4 is 21.4 Å². The second kappa shape index (κ2) is 5.01. The van der Waals surface area contributed by atoms with Gasteiger partial charge in [0.1, 0.15) is 6.33 Å². The van der Waals surface area contributed by atoms with Crippen molar-refractivity contribution in [3.05, 3.63) is 48.5 Å². The van der Waals surface area contributed by atoms with Gasteiger partial charge >= 0.3 is 0 Å². The zero-order valence-corrected chi connectivity index (χ0v) is 10.3. The van der Waals surface area contributed by atoms with Crippen molar-refractivity contribution in [1.29, 1.82) is 0 Å².